The maximum Gasteiger partial charge on any atom is 0.415 e. The summed E-state index contributed by atoms with van der Waals surface area (Å²) >= 11 is 0. The lowest BCUT2D eigenvalue weighted by molar-refractivity contribution is -0.135. The summed E-state index contributed by atoms with van der Waals surface area (Å²) in [6, 6.07) is 22.5. The summed E-state index contributed by atoms with van der Waals surface area (Å²) in [5.41, 5.74) is 0.536. The lowest BCUT2D eigenvalue weighted by Crippen LogP contribution is -2.49. The molecule has 0 aliphatic carbocycles. The van der Waals surface area contributed by atoms with Crippen molar-refractivity contribution in [2.75, 3.05) is 26.2 Å². The van der Waals surface area contributed by atoms with Gasteiger partial charge < -0.3 is 9.84 Å². The largest absolute Gasteiger partial charge is 0.432 e. The van der Waals surface area contributed by atoms with Crippen molar-refractivity contribution in [3.8, 4) is 6.07 Å². The Hall–Kier alpha value is -2.96. The topological polar surface area (TPSA) is 106 Å². The molecule has 1 spiro atoms. The molecule has 0 atom stereocenters. The Balaban J connectivity index is 0.000000198. The lowest BCUT2D eigenvalue weighted by atomic mass is 9.90. The average molecular weight is 513 g/mol. The van der Waals surface area contributed by atoms with Gasteiger partial charge in [0.1, 0.15) is 0 Å². The molecule has 0 bridgehead atoms. The highest BCUT2D eigenvalue weighted by atomic mass is 35.5. The van der Waals surface area contributed by atoms with Gasteiger partial charge in [0.2, 0.25) is 0 Å². The summed E-state index contributed by atoms with van der Waals surface area (Å²) in [7, 11) is 0. The number of rotatable bonds is 4. The second-order valence-electron chi connectivity index (χ2n) is 9.50. The van der Waals surface area contributed by atoms with E-state index in [0.717, 1.165) is 39.3 Å². The molecular weight excluding hydrogens is 480 g/mol. The van der Waals surface area contributed by atoms with Crippen LogP contribution in [0.5, 0.6) is 0 Å². The third kappa shape index (κ3) is 7.05. The number of nitrogens with zero attached hydrogens (tertiary/aromatic N) is 3. The summed E-state index contributed by atoms with van der Waals surface area (Å²) in [5, 5.41) is 20.8. The molecule has 5 rings (SSSR count). The molecule has 8 nitrogen and oxygen atoms in total. The number of hydrogen-bond donors (Lipinski definition) is 2. The molecule has 192 valence electrons. The van der Waals surface area contributed by atoms with Crippen LogP contribution in [0, 0.1) is 11.3 Å². The second kappa shape index (κ2) is 12.3. The SMILES string of the molecule is Cl.N#CC1(O)CCN(Cc2ccccc2)CC1.O=C1NC(=O)C2(CCN(Cc3ccccc3)CC2)O1. The van der Waals surface area contributed by atoms with Crippen LogP contribution in [-0.2, 0) is 22.6 Å². The minimum absolute atomic E-state index is 0. The molecule has 2 N–H and O–H groups in total. The average Bonchev–Trinajstić information content (AvgIpc) is 3.16. The Kier molecular flexibility index (Phi) is 9.46. The number of likely N-dealkylation sites (tertiary alicyclic amines) is 2. The number of piperidine rings is 2. The Morgan fingerprint density at radius 2 is 1.28 bits per heavy atom. The number of aliphatic hydroxyl groups is 1. The van der Waals surface area contributed by atoms with Crippen molar-refractivity contribution in [1.29, 1.82) is 5.26 Å². The minimum Gasteiger partial charge on any atom is -0.432 e. The summed E-state index contributed by atoms with van der Waals surface area (Å²) in [4.78, 5) is 27.4. The van der Waals surface area contributed by atoms with Crippen molar-refractivity contribution in [2.24, 2.45) is 0 Å². The van der Waals surface area contributed by atoms with Crippen molar-refractivity contribution in [3.05, 3.63) is 71.8 Å². The van der Waals surface area contributed by atoms with Gasteiger partial charge in [0, 0.05) is 65.0 Å². The first-order chi connectivity index (χ1) is 16.9. The molecule has 3 saturated heterocycles. The van der Waals surface area contributed by atoms with E-state index in [2.05, 4.69) is 39.4 Å². The van der Waals surface area contributed by atoms with Crippen LogP contribution in [0.3, 0.4) is 0 Å². The highest BCUT2D eigenvalue weighted by Crippen LogP contribution is 2.30. The van der Waals surface area contributed by atoms with Crippen molar-refractivity contribution in [1.82, 2.24) is 15.1 Å². The lowest BCUT2D eigenvalue weighted by Gasteiger charge is -2.35. The summed E-state index contributed by atoms with van der Waals surface area (Å²) < 4.78 is 5.17. The Morgan fingerprint density at radius 3 is 1.67 bits per heavy atom. The molecule has 3 aliphatic rings. The molecule has 2 aromatic carbocycles. The van der Waals surface area contributed by atoms with E-state index in [0.29, 0.717) is 25.7 Å². The highest BCUT2D eigenvalue weighted by Gasteiger charge is 2.50. The van der Waals surface area contributed by atoms with Crippen LogP contribution in [0.4, 0.5) is 4.79 Å². The van der Waals surface area contributed by atoms with E-state index < -0.39 is 17.3 Å². The van der Waals surface area contributed by atoms with Crippen LogP contribution in [0.2, 0.25) is 0 Å². The van der Waals surface area contributed by atoms with E-state index in [-0.39, 0.29) is 18.3 Å². The first-order valence-electron chi connectivity index (χ1n) is 12.1. The van der Waals surface area contributed by atoms with Gasteiger partial charge in [-0.25, -0.2) is 4.79 Å². The third-order valence-electron chi connectivity index (χ3n) is 6.97. The van der Waals surface area contributed by atoms with Gasteiger partial charge in [-0.05, 0) is 11.1 Å². The zero-order chi connectivity index (χ0) is 24.7. The zero-order valence-electron chi connectivity index (χ0n) is 20.3. The first kappa shape index (κ1) is 27.6. The quantitative estimate of drug-likeness (QED) is 0.606. The molecule has 0 radical (unpaired) electrons. The number of alkyl carbamates (subject to hydrolysis) is 1. The molecule has 2 amide bonds. The molecular formula is C27H33ClN4O4. The number of imide groups is 1. The van der Waals surface area contributed by atoms with Crippen molar-refractivity contribution in [3.63, 3.8) is 0 Å². The molecule has 3 aliphatic heterocycles. The van der Waals surface area contributed by atoms with Gasteiger partial charge in [-0.3, -0.25) is 19.9 Å². The van der Waals surface area contributed by atoms with E-state index in [4.69, 9.17) is 10.00 Å². The van der Waals surface area contributed by atoms with E-state index in [1.165, 1.54) is 11.1 Å². The highest BCUT2D eigenvalue weighted by molar-refractivity contribution is 6.02. The number of carbonyl (C=O) groups is 2. The van der Waals surface area contributed by atoms with Crippen LogP contribution < -0.4 is 5.32 Å². The predicted molar refractivity (Wildman–Crippen MR) is 137 cm³/mol. The van der Waals surface area contributed by atoms with Gasteiger partial charge >= 0.3 is 6.09 Å². The molecule has 3 heterocycles. The number of nitrogens with one attached hydrogen (secondary N) is 1. The fraction of sp³-hybridized carbons (Fsp3) is 0.444. The zero-order valence-corrected chi connectivity index (χ0v) is 21.1. The Bertz CT molecular complexity index is 1040. The van der Waals surface area contributed by atoms with E-state index in [1.807, 2.05) is 42.5 Å². The summed E-state index contributed by atoms with van der Waals surface area (Å²) in [5.74, 6) is -0.281. The van der Waals surface area contributed by atoms with Gasteiger partial charge in [0.15, 0.2) is 11.2 Å². The summed E-state index contributed by atoms with van der Waals surface area (Å²) in [6.45, 7) is 4.87. The van der Waals surface area contributed by atoms with Crippen LogP contribution in [-0.4, -0.2) is 64.3 Å². The fourth-order valence-electron chi connectivity index (χ4n) is 4.73. The van der Waals surface area contributed by atoms with Crippen molar-refractivity contribution < 1.29 is 19.4 Å². The fourth-order valence-corrected chi connectivity index (χ4v) is 4.73. The van der Waals surface area contributed by atoms with Gasteiger partial charge in [-0.15, -0.1) is 12.4 Å². The van der Waals surface area contributed by atoms with Crippen LogP contribution in [0.25, 0.3) is 0 Å². The number of amides is 2. The van der Waals surface area contributed by atoms with Gasteiger partial charge in [-0.1, -0.05) is 60.7 Å². The predicted octanol–water partition coefficient (Wildman–Crippen LogP) is 3.25. The van der Waals surface area contributed by atoms with Crippen LogP contribution >= 0.6 is 12.4 Å². The molecule has 0 aromatic heterocycles. The number of halogens is 1. The Labute approximate surface area is 218 Å². The standard InChI is InChI=1S/C14H16N2O3.C13H16N2O.ClH/c17-12-14(19-13(18)15-12)6-8-16(9-7-14)10-11-4-2-1-3-5-11;14-11-13(16)6-8-15(9-7-13)10-12-4-2-1-3-5-12;/h1-5H,6-10H2,(H,15,17,18);1-5,16H,6-10H2;1H. The number of hydrogen-bond acceptors (Lipinski definition) is 7. The molecule has 36 heavy (non-hydrogen) atoms. The maximum absolute atomic E-state index is 11.8. The van der Waals surface area contributed by atoms with Crippen LogP contribution in [0.1, 0.15) is 36.8 Å². The Morgan fingerprint density at radius 1 is 0.833 bits per heavy atom. The van der Waals surface area contributed by atoms with E-state index in [1.54, 1.807) is 0 Å². The van der Waals surface area contributed by atoms with E-state index >= 15 is 0 Å². The molecule has 3 fully saturated rings. The number of benzene rings is 2. The second-order valence-corrected chi connectivity index (χ2v) is 9.50. The summed E-state index contributed by atoms with van der Waals surface area (Å²) in [6.07, 6.45) is 1.63. The first-order valence-corrected chi connectivity index (χ1v) is 12.1. The molecule has 9 heteroatoms. The molecule has 0 unspecified atom stereocenters. The smallest absolute Gasteiger partial charge is 0.415 e. The van der Waals surface area contributed by atoms with Crippen molar-refractivity contribution in [2.45, 2.75) is 50.0 Å². The van der Waals surface area contributed by atoms with E-state index in [9.17, 15) is 14.7 Å². The monoisotopic (exact) mass is 512 g/mol. The third-order valence-corrected chi connectivity index (χ3v) is 6.97. The number of nitriles is 1. The van der Waals surface area contributed by atoms with Crippen LogP contribution in [0.15, 0.2) is 60.7 Å². The number of ether oxygens (including phenoxy) is 1. The normalized spacial score (nSPS) is 20.8. The van der Waals surface area contributed by atoms with Gasteiger partial charge in [-0.2, -0.15) is 5.26 Å². The minimum atomic E-state index is -1.09. The van der Waals surface area contributed by atoms with Gasteiger partial charge in [0.05, 0.1) is 6.07 Å². The maximum atomic E-state index is 11.8. The van der Waals surface area contributed by atoms with Crippen molar-refractivity contribution >= 4 is 24.4 Å². The number of carbonyl (C=O) groups excluding carboxylic acids is 2. The van der Waals surface area contributed by atoms with Gasteiger partial charge in [0.25, 0.3) is 5.91 Å². The molecule has 0 saturated carbocycles. The molecule has 2 aromatic rings.